The van der Waals surface area contributed by atoms with Gasteiger partial charge < -0.3 is 25.6 Å². The summed E-state index contributed by atoms with van der Waals surface area (Å²) < 4.78 is 5.27. The molecule has 132 valence electrons. The molecule has 0 radical (unpaired) electrons. The van der Waals surface area contributed by atoms with Crippen LogP contribution < -0.4 is 16.0 Å². The summed E-state index contributed by atoms with van der Waals surface area (Å²) in [5.41, 5.74) is 0. The molecule has 7 heteroatoms. The second-order valence-corrected chi connectivity index (χ2v) is 6.79. The van der Waals surface area contributed by atoms with Crippen LogP contribution in [-0.4, -0.2) is 61.9 Å². The molecule has 1 heterocycles. The molecule has 0 aromatic rings. The van der Waals surface area contributed by atoms with Gasteiger partial charge in [-0.05, 0) is 18.8 Å². The van der Waals surface area contributed by atoms with E-state index in [-0.39, 0.29) is 24.1 Å². The van der Waals surface area contributed by atoms with Crippen molar-refractivity contribution in [2.75, 3.05) is 32.8 Å². The van der Waals surface area contributed by atoms with Crippen molar-refractivity contribution in [3.05, 3.63) is 0 Å². The zero-order valence-corrected chi connectivity index (χ0v) is 14.3. The summed E-state index contributed by atoms with van der Waals surface area (Å²) in [4.78, 5) is 26.1. The van der Waals surface area contributed by atoms with Gasteiger partial charge in [-0.1, -0.05) is 26.7 Å². The Hall–Kier alpha value is -1.50. The van der Waals surface area contributed by atoms with Gasteiger partial charge in [0.05, 0.1) is 25.3 Å². The third-order valence-corrected chi connectivity index (χ3v) is 4.36. The molecule has 2 aliphatic rings. The molecule has 0 spiro atoms. The Balaban J connectivity index is 1.82. The topological polar surface area (TPSA) is 82.7 Å². The first-order valence-corrected chi connectivity index (χ1v) is 8.74. The van der Waals surface area contributed by atoms with E-state index >= 15 is 0 Å². The molecule has 0 aromatic heterocycles. The smallest absolute Gasteiger partial charge is 0.317 e. The zero-order chi connectivity index (χ0) is 16.7. The largest absolute Gasteiger partial charge is 0.378 e. The highest BCUT2D eigenvalue weighted by Crippen LogP contribution is 2.19. The van der Waals surface area contributed by atoms with E-state index in [1.807, 2.05) is 0 Å². The van der Waals surface area contributed by atoms with Crippen molar-refractivity contribution < 1.29 is 14.3 Å². The van der Waals surface area contributed by atoms with Crippen molar-refractivity contribution in [1.82, 2.24) is 20.9 Å². The molecule has 4 amide bonds. The van der Waals surface area contributed by atoms with Crippen LogP contribution in [0, 0.1) is 5.92 Å². The number of carbonyl (C=O) groups excluding carboxylic acids is 2. The fourth-order valence-electron chi connectivity index (χ4n) is 3.01. The summed E-state index contributed by atoms with van der Waals surface area (Å²) >= 11 is 0. The molecule has 2 fully saturated rings. The molecule has 2 unspecified atom stereocenters. The molecular formula is C16H30N4O3. The molecule has 23 heavy (non-hydrogen) atoms. The monoisotopic (exact) mass is 326 g/mol. The number of morpholine rings is 1. The van der Waals surface area contributed by atoms with E-state index in [4.69, 9.17) is 4.74 Å². The van der Waals surface area contributed by atoms with Crippen LogP contribution >= 0.6 is 0 Å². The summed E-state index contributed by atoms with van der Waals surface area (Å²) in [5, 5.41) is 9.00. The fourth-order valence-corrected chi connectivity index (χ4v) is 3.01. The van der Waals surface area contributed by atoms with Gasteiger partial charge in [-0.25, -0.2) is 9.59 Å². The second-order valence-electron chi connectivity index (χ2n) is 6.79. The number of amides is 4. The highest BCUT2D eigenvalue weighted by atomic mass is 16.5. The van der Waals surface area contributed by atoms with Crippen molar-refractivity contribution in [3.8, 4) is 0 Å². The minimum absolute atomic E-state index is 0.000836. The first-order chi connectivity index (χ1) is 11.1. The lowest BCUT2D eigenvalue weighted by Gasteiger charge is -2.35. The average molecular weight is 326 g/mol. The summed E-state index contributed by atoms with van der Waals surface area (Å²) in [7, 11) is 0. The Kier molecular flexibility index (Phi) is 6.95. The molecule has 1 saturated carbocycles. The maximum Gasteiger partial charge on any atom is 0.317 e. The maximum atomic E-state index is 12.3. The minimum Gasteiger partial charge on any atom is -0.378 e. The van der Waals surface area contributed by atoms with Crippen molar-refractivity contribution in [2.45, 2.75) is 51.6 Å². The number of nitrogens with zero attached hydrogens (tertiary/aromatic N) is 1. The Bertz CT molecular complexity index is 397. The van der Waals surface area contributed by atoms with Gasteiger partial charge in [-0.2, -0.15) is 0 Å². The SMILES string of the molecule is CC(C)CNC(=O)NC1CCCCC1NC(=O)N1CCOCC1. The first kappa shape index (κ1) is 17.8. The summed E-state index contributed by atoms with van der Waals surface area (Å²) in [5.74, 6) is 0.420. The van der Waals surface area contributed by atoms with Crippen LogP contribution in [0.1, 0.15) is 39.5 Å². The molecule has 7 nitrogen and oxygen atoms in total. The highest BCUT2D eigenvalue weighted by molar-refractivity contribution is 5.76. The molecule has 3 N–H and O–H groups in total. The van der Waals surface area contributed by atoms with E-state index in [1.165, 1.54) is 0 Å². The fraction of sp³-hybridized carbons (Fsp3) is 0.875. The van der Waals surface area contributed by atoms with Gasteiger partial charge in [0.2, 0.25) is 0 Å². The van der Waals surface area contributed by atoms with E-state index in [9.17, 15) is 9.59 Å². The van der Waals surface area contributed by atoms with Crippen LogP contribution in [0.15, 0.2) is 0 Å². The summed E-state index contributed by atoms with van der Waals surface area (Å²) in [6, 6.07) is -0.185. The number of carbonyl (C=O) groups is 2. The van der Waals surface area contributed by atoms with Gasteiger partial charge in [-0.3, -0.25) is 0 Å². The molecule has 0 bridgehead atoms. The minimum atomic E-state index is -0.142. The van der Waals surface area contributed by atoms with Crippen LogP contribution in [0.2, 0.25) is 0 Å². The van der Waals surface area contributed by atoms with Gasteiger partial charge in [0.1, 0.15) is 0 Å². The van der Waals surface area contributed by atoms with E-state index in [0.717, 1.165) is 25.7 Å². The Morgan fingerprint density at radius 1 is 1.09 bits per heavy atom. The van der Waals surface area contributed by atoms with Crippen molar-refractivity contribution in [1.29, 1.82) is 0 Å². The van der Waals surface area contributed by atoms with Gasteiger partial charge >= 0.3 is 12.1 Å². The normalized spacial score (nSPS) is 25.1. The number of urea groups is 2. The van der Waals surface area contributed by atoms with E-state index in [2.05, 4.69) is 29.8 Å². The zero-order valence-electron chi connectivity index (χ0n) is 14.3. The molecular weight excluding hydrogens is 296 g/mol. The Labute approximate surface area is 138 Å². The van der Waals surface area contributed by atoms with Gasteiger partial charge in [0, 0.05) is 19.6 Å². The third-order valence-electron chi connectivity index (χ3n) is 4.36. The van der Waals surface area contributed by atoms with Crippen molar-refractivity contribution in [2.24, 2.45) is 5.92 Å². The standard InChI is InChI=1S/C16H30N4O3/c1-12(2)11-17-15(21)18-13-5-3-4-6-14(13)19-16(22)20-7-9-23-10-8-20/h12-14H,3-11H2,1-2H3,(H,19,22)(H2,17,18,21). The molecule has 2 atom stereocenters. The second kappa shape index (κ2) is 8.96. The van der Waals surface area contributed by atoms with Crippen LogP contribution in [0.5, 0.6) is 0 Å². The number of rotatable bonds is 4. The lowest BCUT2D eigenvalue weighted by Crippen LogP contribution is -2.58. The lowest BCUT2D eigenvalue weighted by atomic mass is 9.90. The number of ether oxygens (including phenoxy) is 1. The molecule has 1 saturated heterocycles. The molecule has 1 aliphatic carbocycles. The average Bonchev–Trinajstić information content (AvgIpc) is 2.55. The van der Waals surface area contributed by atoms with Gasteiger partial charge in [0.15, 0.2) is 0 Å². The maximum absolute atomic E-state index is 12.3. The number of nitrogens with one attached hydrogen (secondary N) is 3. The van der Waals surface area contributed by atoms with E-state index in [1.54, 1.807) is 4.90 Å². The molecule has 2 rings (SSSR count). The van der Waals surface area contributed by atoms with Crippen molar-refractivity contribution >= 4 is 12.1 Å². The quantitative estimate of drug-likeness (QED) is 0.728. The number of hydrogen-bond acceptors (Lipinski definition) is 3. The van der Waals surface area contributed by atoms with Crippen LogP contribution in [0.4, 0.5) is 9.59 Å². The lowest BCUT2D eigenvalue weighted by molar-refractivity contribution is 0.0517. The van der Waals surface area contributed by atoms with Crippen molar-refractivity contribution in [3.63, 3.8) is 0 Å². The van der Waals surface area contributed by atoms with Crippen LogP contribution in [-0.2, 0) is 4.74 Å². The molecule has 0 aromatic carbocycles. The third kappa shape index (κ3) is 5.89. The summed E-state index contributed by atoms with van der Waals surface area (Å²) in [6.07, 6.45) is 3.98. The van der Waals surface area contributed by atoms with Gasteiger partial charge in [-0.15, -0.1) is 0 Å². The predicted octanol–water partition coefficient (Wildman–Crippen LogP) is 1.29. The van der Waals surface area contributed by atoms with Crippen LogP contribution in [0.3, 0.4) is 0 Å². The predicted molar refractivity (Wildman–Crippen MR) is 88.3 cm³/mol. The highest BCUT2D eigenvalue weighted by Gasteiger charge is 2.29. The van der Waals surface area contributed by atoms with E-state index in [0.29, 0.717) is 38.8 Å². The number of hydrogen-bond donors (Lipinski definition) is 3. The first-order valence-electron chi connectivity index (χ1n) is 8.74. The van der Waals surface area contributed by atoms with Gasteiger partial charge in [0.25, 0.3) is 0 Å². The summed E-state index contributed by atoms with van der Waals surface area (Å²) in [6.45, 7) is 7.23. The molecule has 1 aliphatic heterocycles. The van der Waals surface area contributed by atoms with Crippen LogP contribution in [0.25, 0.3) is 0 Å². The van der Waals surface area contributed by atoms with E-state index < -0.39 is 0 Å². The Morgan fingerprint density at radius 2 is 1.70 bits per heavy atom. The Morgan fingerprint density at radius 3 is 2.30 bits per heavy atom.